The Morgan fingerprint density at radius 1 is 0.545 bits per heavy atom. The van der Waals surface area contributed by atoms with Crippen LogP contribution in [0.5, 0.6) is 5.75 Å². The molecule has 3 aromatic carbocycles. The monoisotopic (exact) mass is 692 g/mol. The molecule has 44 heavy (non-hydrogen) atoms. The van der Waals surface area contributed by atoms with Gasteiger partial charge in [0.2, 0.25) is 0 Å². The van der Waals surface area contributed by atoms with E-state index >= 15 is 0 Å². The fourth-order valence-electron chi connectivity index (χ4n) is 3.15. The first-order chi connectivity index (χ1) is 19.9. The Balaban J connectivity index is 0.000000307. The van der Waals surface area contributed by atoms with E-state index in [1.807, 2.05) is 12.1 Å². The Hall–Kier alpha value is -3.19. The van der Waals surface area contributed by atoms with Gasteiger partial charge in [0.15, 0.2) is 24.8 Å². The van der Waals surface area contributed by atoms with E-state index in [4.69, 9.17) is 4.74 Å². The maximum Gasteiger partial charge on any atom is 0.460 e. The van der Waals surface area contributed by atoms with Crippen LogP contribution in [0.2, 0.25) is 0 Å². The lowest BCUT2D eigenvalue weighted by molar-refractivity contribution is -0.433. The second kappa shape index (κ2) is 12.7. The molecule has 0 fully saturated rings. The van der Waals surface area contributed by atoms with E-state index in [1.54, 1.807) is 7.11 Å². The molecule has 3 rings (SSSR count). The Bertz CT molecular complexity index is 1440. The summed E-state index contributed by atoms with van der Waals surface area (Å²) in [6.07, 6.45) is -7.61. The van der Waals surface area contributed by atoms with Crippen LogP contribution in [0.3, 0.4) is 0 Å². The van der Waals surface area contributed by atoms with Crippen molar-refractivity contribution in [2.75, 3.05) is 7.11 Å². The average molecular weight is 693 g/mol. The van der Waals surface area contributed by atoms with Crippen molar-refractivity contribution in [2.45, 2.75) is 49.8 Å². The standard InChI is InChI=1S/C19H17OS.C6HF13O3S/c1-20-16-12-14-19(15-13-16)21(17-8-4-2-5-9-17)18-10-6-3-7-11-18;7-1(8,3(11,12)5(15,16)17)2(9,10)4(13,14)6(18,19)23(20,21)22/h2-15H,1H3;(H,20,21,22)/q+1;/p-1. The third-order valence-corrected chi connectivity index (χ3v) is 8.59. The normalized spacial score (nSPS) is 13.7. The lowest BCUT2D eigenvalue weighted by Crippen LogP contribution is -2.71. The quantitative estimate of drug-likeness (QED) is 0.130. The van der Waals surface area contributed by atoms with Crippen molar-refractivity contribution < 1.29 is 74.8 Å². The van der Waals surface area contributed by atoms with E-state index in [0.717, 1.165) is 5.75 Å². The predicted octanol–water partition coefficient (Wildman–Crippen LogP) is 8.02. The maximum absolute atomic E-state index is 12.7. The van der Waals surface area contributed by atoms with Crippen LogP contribution in [0.1, 0.15) is 0 Å². The van der Waals surface area contributed by atoms with Gasteiger partial charge in [0.25, 0.3) is 0 Å². The highest BCUT2D eigenvalue weighted by molar-refractivity contribution is 7.97. The summed E-state index contributed by atoms with van der Waals surface area (Å²) in [6, 6.07) is 29.7. The smallest absolute Gasteiger partial charge is 0.460 e. The highest BCUT2D eigenvalue weighted by Crippen LogP contribution is 2.60. The van der Waals surface area contributed by atoms with Gasteiger partial charge < -0.3 is 9.29 Å². The number of hydrogen-bond acceptors (Lipinski definition) is 4. The van der Waals surface area contributed by atoms with E-state index in [0.29, 0.717) is 0 Å². The Labute approximate surface area is 243 Å². The van der Waals surface area contributed by atoms with Crippen LogP contribution in [0.25, 0.3) is 0 Å². The second-order valence-corrected chi connectivity index (χ2v) is 11.8. The molecule has 0 N–H and O–H groups in total. The second-order valence-electron chi connectivity index (χ2n) is 8.37. The van der Waals surface area contributed by atoms with Crippen molar-refractivity contribution in [2.24, 2.45) is 0 Å². The summed E-state index contributed by atoms with van der Waals surface area (Å²) in [5.41, 5.74) is 0. The van der Waals surface area contributed by atoms with Gasteiger partial charge in [-0.15, -0.1) is 0 Å². The van der Waals surface area contributed by atoms with Gasteiger partial charge in [-0.3, -0.25) is 0 Å². The fourth-order valence-corrected chi connectivity index (χ4v) is 5.67. The molecule has 0 unspecified atom stereocenters. The van der Waals surface area contributed by atoms with E-state index in [-0.39, 0.29) is 10.9 Å². The molecule has 0 aliphatic heterocycles. The van der Waals surface area contributed by atoms with Gasteiger partial charge in [0.1, 0.15) is 5.75 Å². The number of rotatable bonds is 9. The minimum atomic E-state index is -8.29. The minimum absolute atomic E-state index is 0.0804. The number of halogens is 13. The zero-order chi connectivity index (χ0) is 34.0. The summed E-state index contributed by atoms with van der Waals surface area (Å²) in [5.74, 6) is -31.7. The van der Waals surface area contributed by atoms with Gasteiger partial charge in [-0.05, 0) is 48.5 Å². The molecule has 0 aliphatic carbocycles. The van der Waals surface area contributed by atoms with E-state index < -0.39 is 45.2 Å². The molecule has 0 atom stereocenters. The Morgan fingerprint density at radius 2 is 0.886 bits per heavy atom. The first-order valence-electron chi connectivity index (χ1n) is 11.3. The molecule has 19 heteroatoms. The van der Waals surface area contributed by atoms with Crippen LogP contribution in [0, 0.1) is 0 Å². The van der Waals surface area contributed by atoms with Crippen molar-refractivity contribution in [1.82, 2.24) is 0 Å². The molecule has 0 saturated heterocycles. The van der Waals surface area contributed by atoms with Gasteiger partial charge in [0, 0.05) is 0 Å². The number of hydrogen-bond donors (Lipinski definition) is 0. The van der Waals surface area contributed by atoms with Crippen molar-refractivity contribution in [3.8, 4) is 5.75 Å². The molecule has 0 amide bonds. The van der Waals surface area contributed by atoms with Gasteiger partial charge >= 0.3 is 35.1 Å². The van der Waals surface area contributed by atoms with Crippen molar-refractivity contribution >= 4 is 21.0 Å². The largest absolute Gasteiger partial charge is 0.743 e. The summed E-state index contributed by atoms with van der Waals surface area (Å²) in [5, 5.41) is -7.63. The molecule has 0 spiro atoms. The van der Waals surface area contributed by atoms with Crippen LogP contribution in [-0.4, -0.2) is 55.2 Å². The third kappa shape index (κ3) is 6.73. The Kier molecular flexibility index (Phi) is 10.6. The molecule has 4 nitrogen and oxygen atoms in total. The van der Waals surface area contributed by atoms with E-state index in [9.17, 15) is 70.0 Å². The summed E-state index contributed by atoms with van der Waals surface area (Å²) in [6.45, 7) is 0. The molecule has 244 valence electrons. The number of ether oxygens (including phenoxy) is 1. The first-order valence-corrected chi connectivity index (χ1v) is 13.9. The topological polar surface area (TPSA) is 66.4 Å². The molecule has 0 saturated carbocycles. The molecule has 0 heterocycles. The minimum Gasteiger partial charge on any atom is -0.743 e. The van der Waals surface area contributed by atoms with Crippen LogP contribution in [0.4, 0.5) is 57.1 Å². The Morgan fingerprint density at radius 3 is 1.20 bits per heavy atom. The lowest BCUT2D eigenvalue weighted by Gasteiger charge is -2.39. The van der Waals surface area contributed by atoms with E-state index in [2.05, 4.69) is 72.8 Å². The fraction of sp³-hybridized carbons (Fsp3) is 0.280. The number of benzene rings is 3. The van der Waals surface area contributed by atoms with Crippen LogP contribution >= 0.6 is 0 Å². The van der Waals surface area contributed by atoms with Crippen molar-refractivity contribution in [1.29, 1.82) is 0 Å². The molecular formula is C25H17F13O4S2. The van der Waals surface area contributed by atoms with E-state index in [1.165, 1.54) is 14.7 Å². The van der Waals surface area contributed by atoms with Gasteiger partial charge in [-0.1, -0.05) is 36.4 Å². The SMILES string of the molecule is COc1ccc([S+](c2ccccc2)c2ccccc2)cc1.O=S(=O)([O-])C(F)(F)C(F)(F)C(F)(F)C(F)(F)C(F)(F)C(F)(F)F. The van der Waals surface area contributed by atoms with Gasteiger partial charge in [-0.2, -0.15) is 57.1 Å². The molecular weight excluding hydrogens is 675 g/mol. The number of alkyl halides is 13. The zero-order valence-corrected chi connectivity index (χ0v) is 23.1. The molecule has 0 aromatic heterocycles. The molecule has 0 aliphatic rings. The molecule has 0 bridgehead atoms. The summed E-state index contributed by atoms with van der Waals surface area (Å²) in [7, 11) is -6.24. The number of methoxy groups -OCH3 is 1. The van der Waals surface area contributed by atoms with Crippen molar-refractivity contribution in [3.63, 3.8) is 0 Å². The van der Waals surface area contributed by atoms with Crippen LogP contribution in [0.15, 0.2) is 99.6 Å². The average Bonchev–Trinajstić information content (AvgIpc) is 2.93. The van der Waals surface area contributed by atoms with Gasteiger partial charge in [-0.25, -0.2) is 8.42 Å². The highest BCUT2D eigenvalue weighted by Gasteiger charge is 2.91. The predicted molar refractivity (Wildman–Crippen MR) is 129 cm³/mol. The lowest BCUT2D eigenvalue weighted by atomic mass is 9.98. The van der Waals surface area contributed by atoms with Crippen molar-refractivity contribution in [3.05, 3.63) is 84.9 Å². The summed E-state index contributed by atoms with van der Waals surface area (Å²) < 4.78 is 194. The first kappa shape index (κ1) is 37.0. The zero-order valence-electron chi connectivity index (χ0n) is 21.4. The van der Waals surface area contributed by atoms with Gasteiger partial charge in [0.05, 0.1) is 18.0 Å². The highest BCUT2D eigenvalue weighted by atomic mass is 32.2. The maximum atomic E-state index is 12.7. The summed E-state index contributed by atoms with van der Waals surface area (Å²) in [4.78, 5) is 3.95. The molecule has 3 aromatic rings. The molecule has 0 radical (unpaired) electrons. The van der Waals surface area contributed by atoms with Crippen LogP contribution < -0.4 is 4.74 Å². The third-order valence-electron chi connectivity index (χ3n) is 5.47. The summed E-state index contributed by atoms with van der Waals surface area (Å²) >= 11 is 0. The van der Waals surface area contributed by atoms with Crippen LogP contribution in [-0.2, 0) is 21.0 Å².